The van der Waals surface area contributed by atoms with E-state index >= 15 is 0 Å². The Morgan fingerprint density at radius 1 is 1.04 bits per heavy atom. The van der Waals surface area contributed by atoms with Gasteiger partial charge in [-0.1, -0.05) is 30.3 Å². The Morgan fingerprint density at radius 3 is 2.46 bits per heavy atom. The maximum atomic E-state index is 12.6. The highest BCUT2D eigenvalue weighted by Gasteiger charge is 2.16. The third-order valence-corrected chi connectivity index (χ3v) is 4.70. The summed E-state index contributed by atoms with van der Waals surface area (Å²) < 4.78 is 5.39. The van der Waals surface area contributed by atoms with Gasteiger partial charge < -0.3 is 20.3 Å². The lowest BCUT2D eigenvalue weighted by Gasteiger charge is -2.23. The van der Waals surface area contributed by atoms with Crippen molar-refractivity contribution in [2.24, 2.45) is 0 Å². The molecule has 28 heavy (non-hydrogen) atoms. The van der Waals surface area contributed by atoms with Crippen molar-refractivity contribution in [3.8, 4) is 0 Å². The highest BCUT2D eigenvalue weighted by Crippen LogP contribution is 2.16. The Bertz CT molecular complexity index is 827. The number of hydrogen-bond donors (Lipinski definition) is 3. The third kappa shape index (κ3) is 5.28. The lowest BCUT2D eigenvalue weighted by molar-refractivity contribution is -0.921. The molecule has 6 nitrogen and oxygen atoms in total. The fourth-order valence-electron chi connectivity index (χ4n) is 3.14. The first-order chi connectivity index (χ1) is 13.7. The quantitative estimate of drug-likeness (QED) is 0.634. The van der Waals surface area contributed by atoms with Gasteiger partial charge in [0.15, 0.2) is 0 Å². The number of hydrogen-bond acceptors (Lipinski definition) is 3. The van der Waals surface area contributed by atoms with Gasteiger partial charge in [-0.15, -0.1) is 6.58 Å². The molecule has 2 aromatic carbocycles. The van der Waals surface area contributed by atoms with Gasteiger partial charge >= 0.3 is 0 Å². The van der Waals surface area contributed by atoms with Gasteiger partial charge in [0.2, 0.25) is 0 Å². The lowest BCUT2D eigenvalue weighted by atomic mass is 10.1. The zero-order chi connectivity index (χ0) is 19.8. The number of quaternary nitrogens is 1. The van der Waals surface area contributed by atoms with Crippen molar-refractivity contribution in [1.29, 1.82) is 0 Å². The second-order valence-corrected chi connectivity index (χ2v) is 6.73. The number of benzene rings is 2. The van der Waals surface area contributed by atoms with Gasteiger partial charge in [-0.05, 0) is 24.3 Å². The number of amides is 2. The molecule has 2 amide bonds. The second kappa shape index (κ2) is 9.82. The van der Waals surface area contributed by atoms with Gasteiger partial charge in [-0.2, -0.15) is 0 Å². The molecule has 0 radical (unpaired) electrons. The zero-order valence-electron chi connectivity index (χ0n) is 15.9. The molecule has 0 saturated carbocycles. The zero-order valence-corrected chi connectivity index (χ0v) is 15.9. The van der Waals surface area contributed by atoms with Crippen molar-refractivity contribution in [3.63, 3.8) is 0 Å². The number of carbonyl (C=O) groups excluding carboxylic acids is 2. The molecule has 6 heteroatoms. The van der Waals surface area contributed by atoms with Crippen LogP contribution in [-0.4, -0.2) is 44.7 Å². The van der Waals surface area contributed by atoms with E-state index in [9.17, 15) is 9.59 Å². The van der Waals surface area contributed by atoms with Crippen LogP contribution >= 0.6 is 0 Å². The van der Waals surface area contributed by atoms with Gasteiger partial charge in [-0.25, -0.2) is 0 Å². The lowest BCUT2D eigenvalue weighted by Crippen LogP contribution is -3.12. The summed E-state index contributed by atoms with van der Waals surface area (Å²) >= 11 is 0. The molecule has 0 atom stereocenters. The molecule has 1 aliphatic rings. The first-order valence-corrected chi connectivity index (χ1v) is 9.47. The predicted molar refractivity (Wildman–Crippen MR) is 109 cm³/mol. The van der Waals surface area contributed by atoms with Crippen molar-refractivity contribution < 1.29 is 19.2 Å². The minimum absolute atomic E-state index is 0.241. The van der Waals surface area contributed by atoms with E-state index in [1.54, 1.807) is 30.3 Å². The van der Waals surface area contributed by atoms with E-state index in [1.165, 1.54) is 10.5 Å². The van der Waals surface area contributed by atoms with Crippen LogP contribution in [0.1, 0.15) is 26.3 Å². The largest absolute Gasteiger partial charge is 0.370 e. The molecule has 3 N–H and O–H groups in total. The van der Waals surface area contributed by atoms with Crippen LogP contribution in [-0.2, 0) is 11.3 Å². The Labute approximate surface area is 165 Å². The summed E-state index contributed by atoms with van der Waals surface area (Å²) in [5, 5.41) is 5.57. The first kappa shape index (κ1) is 19.8. The molecule has 1 saturated heterocycles. The van der Waals surface area contributed by atoms with Crippen molar-refractivity contribution in [1.82, 2.24) is 5.32 Å². The summed E-state index contributed by atoms with van der Waals surface area (Å²) in [6.07, 6.45) is 1.61. The van der Waals surface area contributed by atoms with Crippen molar-refractivity contribution in [2.45, 2.75) is 6.54 Å². The SMILES string of the molecule is C=CCNC(=O)c1ccccc1NC(=O)c1ccc(C[NH+]2CCOCC2)cc1. The van der Waals surface area contributed by atoms with Gasteiger partial charge in [0.25, 0.3) is 11.8 Å². The molecular formula is C22H26N3O3+. The summed E-state index contributed by atoms with van der Waals surface area (Å²) in [6, 6.07) is 14.6. The van der Waals surface area contributed by atoms with Gasteiger partial charge in [0.05, 0.1) is 24.5 Å². The van der Waals surface area contributed by atoms with Crippen LogP contribution in [0.15, 0.2) is 61.2 Å². The van der Waals surface area contributed by atoms with Crippen LogP contribution in [0.4, 0.5) is 5.69 Å². The number of para-hydroxylation sites is 1. The van der Waals surface area contributed by atoms with Crippen molar-refractivity contribution in [2.75, 3.05) is 38.2 Å². The number of rotatable bonds is 7. The van der Waals surface area contributed by atoms with E-state index in [4.69, 9.17) is 4.74 Å². The van der Waals surface area contributed by atoms with Crippen molar-refractivity contribution in [3.05, 3.63) is 77.9 Å². The Morgan fingerprint density at radius 2 is 1.75 bits per heavy atom. The molecule has 0 bridgehead atoms. The van der Waals surface area contributed by atoms with Crippen LogP contribution in [0.3, 0.4) is 0 Å². The normalized spacial score (nSPS) is 14.3. The number of anilines is 1. The van der Waals surface area contributed by atoms with E-state index in [0.29, 0.717) is 23.4 Å². The monoisotopic (exact) mass is 380 g/mol. The van der Waals surface area contributed by atoms with Crippen LogP contribution in [0.25, 0.3) is 0 Å². The van der Waals surface area contributed by atoms with Gasteiger partial charge in [0.1, 0.15) is 19.6 Å². The number of ether oxygens (including phenoxy) is 1. The first-order valence-electron chi connectivity index (χ1n) is 9.47. The Hall–Kier alpha value is -2.96. The van der Waals surface area contributed by atoms with E-state index in [-0.39, 0.29) is 11.8 Å². The van der Waals surface area contributed by atoms with Gasteiger partial charge in [-0.3, -0.25) is 9.59 Å². The van der Waals surface area contributed by atoms with Gasteiger partial charge in [0, 0.05) is 17.7 Å². The minimum atomic E-state index is -0.250. The van der Waals surface area contributed by atoms with E-state index in [2.05, 4.69) is 17.2 Å². The fourth-order valence-corrected chi connectivity index (χ4v) is 3.14. The van der Waals surface area contributed by atoms with E-state index < -0.39 is 0 Å². The topological polar surface area (TPSA) is 71.9 Å². The molecule has 146 valence electrons. The molecule has 0 spiro atoms. The highest BCUT2D eigenvalue weighted by atomic mass is 16.5. The molecular weight excluding hydrogens is 354 g/mol. The summed E-state index contributed by atoms with van der Waals surface area (Å²) in [5.41, 5.74) is 2.65. The number of carbonyl (C=O) groups is 2. The van der Waals surface area contributed by atoms with Crippen LogP contribution in [0.2, 0.25) is 0 Å². The molecule has 0 aliphatic carbocycles. The summed E-state index contributed by atoms with van der Waals surface area (Å²) in [7, 11) is 0. The molecule has 0 aromatic heterocycles. The Kier molecular flexibility index (Phi) is 6.94. The average molecular weight is 380 g/mol. The highest BCUT2D eigenvalue weighted by molar-refractivity contribution is 6.09. The molecule has 0 unspecified atom stereocenters. The number of morpholine rings is 1. The molecule has 1 fully saturated rings. The van der Waals surface area contributed by atoms with Crippen LogP contribution in [0, 0.1) is 0 Å². The van der Waals surface area contributed by atoms with E-state index in [0.717, 1.165) is 32.8 Å². The summed E-state index contributed by atoms with van der Waals surface area (Å²) in [4.78, 5) is 26.4. The maximum Gasteiger partial charge on any atom is 0.255 e. The minimum Gasteiger partial charge on any atom is -0.370 e. The molecule has 1 aliphatic heterocycles. The van der Waals surface area contributed by atoms with Crippen LogP contribution in [0.5, 0.6) is 0 Å². The molecule has 1 heterocycles. The average Bonchev–Trinajstić information content (AvgIpc) is 2.73. The summed E-state index contributed by atoms with van der Waals surface area (Å²) in [6.45, 7) is 8.50. The van der Waals surface area contributed by atoms with Crippen LogP contribution < -0.4 is 15.5 Å². The number of nitrogens with one attached hydrogen (secondary N) is 3. The maximum absolute atomic E-state index is 12.6. The predicted octanol–water partition coefficient (Wildman–Crippen LogP) is 1.27. The Balaban J connectivity index is 1.64. The van der Waals surface area contributed by atoms with Crippen molar-refractivity contribution >= 4 is 17.5 Å². The summed E-state index contributed by atoms with van der Waals surface area (Å²) in [5.74, 6) is -0.492. The fraction of sp³-hybridized carbons (Fsp3) is 0.273. The van der Waals surface area contributed by atoms with E-state index in [1.807, 2.05) is 24.3 Å². The second-order valence-electron chi connectivity index (χ2n) is 6.73. The molecule has 3 rings (SSSR count). The smallest absolute Gasteiger partial charge is 0.255 e. The molecule has 2 aromatic rings. The third-order valence-electron chi connectivity index (χ3n) is 4.70. The standard InChI is InChI=1S/C22H25N3O3/c1-2-11-23-22(27)19-5-3-4-6-20(19)24-21(26)18-9-7-17(8-10-18)16-25-12-14-28-15-13-25/h2-10H,1,11-16H2,(H,23,27)(H,24,26)/p+1.